The molecule has 1 aliphatic rings. The predicted octanol–water partition coefficient (Wildman–Crippen LogP) is 1.58. The van der Waals surface area contributed by atoms with Crippen LogP contribution in [0.4, 0.5) is 10.1 Å². The lowest BCUT2D eigenvalue weighted by Gasteiger charge is -2.20. The first-order valence-electron chi connectivity index (χ1n) is 5.53. The maximum absolute atomic E-state index is 13.6. The zero-order chi connectivity index (χ0) is 12.6. The normalized spacial score (nSPS) is 16.4. The molecule has 0 spiro atoms. The molecule has 0 aromatic heterocycles. The molecule has 17 heavy (non-hydrogen) atoms. The number of nitrogen functional groups attached to an aromatic ring is 1. The summed E-state index contributed by atoms with van der Waals surface area (Å²) in [4.78, 5) is -0.291. The Morgan fingerprint density at radius 1 is 1.47 bits per heavy atom. The van der Waals surface area contributed by atoms with Crippen LogP contribution in [0.3, 0.4) is 0 Å². The van der Waals surface area contributed by atoms with Crippen LogP contribution < -0.4 is 5.73 Å². The highest BCUT2D eigenvalue weighted by Gasteiger charge is 2.37. The summed E-state index contributed by atoms with van der Waals surface area (Å²) in [6, 6.07) is 3.69. The first-order chi connectivity index (χ1) is 7.96. The van der Waals surface area contributed by atoms with Crippen LogP contribution in [0, 0.1) is 5.82 Å². The van der Waals surface area contributed by atoms with E-state index in [9.17, 15) is 12.8 Å². The summed E-state index contributed by atoms with van der Waals surface area (Å²) in [6.45, 7) is 2.11. The van der Waals surface area contributed by atoms with Gasteiger partial charge in [-0.2, -0.15) is 4.31 Å². The van der Waals surface area contributed by atoms with Crippen molar-refractivity contribution in [3.05, 3.63) is 24.0 Å². The van der Waals surface area contributed by atoms with Gasteiger partial charge in [0, 0.05) is 18.3 Å². The molecular formula is C11H15FN2O2S. The zero-order valence-corrected chi connectivity index (χ0v) is 10.4. The largest absolute Gasteiger partial charge is 0.399 e. The monoisotopic (exact) mass is 258 g/mol. The third-order valence-corrected chi connectivity index (χ3v) is 4.87. The van der Waals surface area contributed by atoms with Gasteiger partial charge in [0.15, 0.2) is 0 Å². The minimum absolute atomic E-state index is 0.0296. The molecule has 1 saturated carbocycles. The van der Waals surface area contributed by atoms with Crippen LogP contribution in [0.15, 0.2) is 23.1 Å². The molecule has 0 saturated heterocycles. The van der Waals surface area contributed by atoms with Crippen LogP contribution >= 0.6 is 0 Å². The zero-order valence-electron chi connectivity index (χ0n) is 9.56. The van der Waals surface area contributed by atoms with Gasteiger partial charge in [-0.05, 0) is 31.0 Å². The number of nitrogens with zero attached hydrogens (tertiary/aromatic N) is 1. The van der Waals surface area contributed by atoms with Crippen molar-refractivity contribution in [1.29, 1.82) is 0 Å². The maximum Gasteiger partial charge on any atom is 0.246 e. The summed E-state index contributed by atoms with van der Waals surface area (Å²) in [6.07, 6.45) is 1.70. The molecule has 1 aromatic rings. The van der Waals surface area contributed by atoms with Crippen molar-refractivity contribution in [2.45, 2.75) is 30.7 Å². The SMILES string of the molecule is CCN(C1CC1)S(=O)(=O)c1ccc(N)cc1F. The van der Waals surface area contributed by atoms with Crippen LogP contribution in [0.5, 0.6) is 0 Å². The van der Waals surface area contributed by atoms with Gasteiger partial charge in [0.05, 0.1) is 0 Å². The first kappa shape index (κ1) is 12.3. The van der Waals surface area contributed by atoms with Gasteiger partial charge in [-0.1, -0.05) is 6.92 Å². The topological polar surface area (TPSA) is 63.4 Å². The maximum atomic E-state index is 13.6. The molecule has 1 aromatic carbocycles. The van der Waals surface area contributed by atoms with E-state index in [0.717, 1.165) is 18.9 Å². The number of hydrogen-bond acceptors (Lipinski definition) is 3. The fourth-order valence-electron chi connectivity index (χ4n) is 1.84. The molecule has 0 unspecified atom stereocenters. The van der Waals surface area contributed by atoms with E-state index >= 15 is 0 Å². The minimum Gasteiger partial charge on any atom is -0.399 e. The standard InChI is InChI=1S/C11H15FN2O2S/c1-2-14(9-4-5-9)17(15,16)11-6-3-8(13)7-10(11)12/h3,6-7,9H,2,4-5,13H2,1H3. The number of halogens is 1. The third kappa shape index (κ3) is 2.28. The lowest BCUT2D eigenvalue weighted by Crippen LogP contribution is -2.33. The van der Waals surface area contributed by atoms with E-state index in [1.54, 1.807) is 6.92 Å². The van der Waals surface area contributed by atoms with Crippen molar-refractivity contribution in [3.8, 4) is 0 Å². The van der Waals surface area contributed by atoms with Crippen molar-refractivity contribution < 1.29 is 12.8 Å². The fourth-order valence-corrected chi connectivity index (χ4v) is 3.58. The Kier molecular flexibility index (Phi) is 3.09. The van der Waals surface area contributed by atoms with E-state index in [4.69, 9.17) is 5.73 Å². The van der Waals surface area contributed by atoms with E-state index in [1.807, 2.05) is 0 Å². The smallest absolute Gasteiger partial charge is 0.246 e. The number of benzene rings is 1. The number of anilines is 1. The van der Waals surface area contributed by atoms with Gasteiger partial charge >= 0.3 is 0 Å². The van der Waals surface area contributed by atoms with Crippen molar-refractivity contribution in [2.75, 3.05) is 12.3 Å². The minimum atomic E-state index is -3.73. The van der Waals surface area contributed by atoms with Gasteiger partial charge in [-0.25, -0.2) is 12.8 Å². The molecule has 6 heteroatoms. The number of hydrogen-bond donors (Lipinski definition) is 1. The van der Waals surface area contributed by atoms with Gasteiger partial charge in [0.2, 0.25) is 10.0 Å². The quantitative estimate of drug-likeness (QED) is 0.834. The molecule has 94 valence electrons. The third-order valence-electron chi connectivity index (χ3n) is 2.81. The Morgan fingerprint density at radius 3 is 2.59 bits per heavy atom. The van der Waals surface area contributed by atoms with Crippen LogP contribution in [-0.4, -0.2) is 25.3 Å². The Labute approximate surface area is 100 Å². The fraction of sp³-hybridized carbons (Fsp3) is 0.455. The Hall–Kier alpha value is -1.14. The molecule has 0 radical (unpaired) electrons. The molecule has 0 heterocycles. The summed E-state index contributed by atoms with van der Waals surface area (Å²) in [5.41, 5.74) is 5.62. The lowest BCUT2D eigenvalue weighted by atomic mass is 10.3. The Morgan fingerprint density at radius 2 is 2.12 bits per heavy atom. The van der Waals surface area contributed by atoms with Crippen LogP contribution in [0.2, 0.25) is 0 Å². The summed E-state index contributed by atoms with van der Waals surface area (Å²) >= 11 is 0. The molecular weight excluding hydrogens is 243 g/mol. The molecule has 2 N–H and O–H groups in total. The molecule has 0 bridgehead atoms. The second kappa shape index (κ2) is 4.27. The van der Waals surface area contributed by atoms with Crippen LogP contribution in [0.1, 0.15) is 19.8 Å². The van der Waals surface area contributed by atoms with E-state index in [-0.39, 0.29) is 16.6 Å². The van der Waals surface area contributed by atoms with Crippen LogP contribution in [0.25, 0.3) is 0 Å². The van der Waals surface area contributed by atoms with Crippen molar-refractivity contribution in [2.24, 2.45) is 0 Å². The Bertz CT molecular complexity index is 526. The van der Waals surface area contributed by atoms with Gasteiger partial charge < -0.3 is 5.73 Å². The lowest BCUT2D eigenvalue weighted by molar-refractivity contribution is 0.417. The second-order valence-corrected chi connectivity index (χ2v) is 5.99. The van der Waals surface area contributed by atoms with E-state index in [2.05, 4.69) is 0 Å². The number of sulfonamides is 1. The van der Waals surface area contributed by atoms with Crippen molar-refractivity contribution in [1.82, 2.24) is 4.31 Å². The average Bonchev–Trinajstić information content (AvgIpc) is 3.01. The molecule has 0 atom stereocenters. The summed E-state index contributed by atoms with van der Waals surface area (Å²) < 4.78 is 39.4. The van der Waals surface area contributed by atoms with Gasteiger partial charge in [-0.15, -0.1) is 0 Å². The highest BCUT2D eigenvalue weighted by Crippen LogP contribution is 2.32. The number of rotatable bonds is 4. The molecule has 1 fully saturated rings. The molecule has 4 nitrogen and oxygen atoms in total. The highest BCUT2D eigenvalue weighted by molar-refractivity contribution is 7.89. The molecule has 0 aliphatic heterocycles. The van der Waals surface area contributed by atoms with Crippen molar-refractivity contribution >= 4 is 15.7 Å². The van der Waals surface area contributed by atoms with Crippen LogP contribution in [-0.2, 0) is 10.0 Å². The average molecular weight is 258 g/mol. The van der Waals surface area contributed by atoms with E-state index in [0.29, 0.717) is 6.54 Å². The highest BCUT2D eigenvalue weighted by atomic mass is 32.2. The van der Waals surface area contributed by atoms with E-state index < -0.39 is 15.8 Å². The van der Waals surface area contributed by atoms with Gasteiger partial charge in [-0.3, -0.25) is 0 Å². The summed E-state index contributed by atoms with van der Waals surface area (Å²) in [7, 11) is -3.73. The number of nitrogens with two attached hydrogens (primary N) is 1. The van der Waals surface area contributed by atoms with E-state index in [1.165, 1.54) is 16.4 Å². The first-order valence-corrected chi connectivity index (χ1v) is 6.97. The summed E-state index contributed by atoms with van der Waals surface area (Å²) in [5.74, 6) is -0.788. The molecule has 2 rings (SSSR count). The predicted molar refractivity (Wildman–Crippen MR) is 63.4 cm³/mol. The Balaban J connectivity index is 2.43. The van der Waals surface area contributed by atoms with Gasteiger partial charge in [0.1, 0.15) is 10.7 Å². The van der Waals surface area contributed by atoms with Crippen molar-refractivity contribution in [3.63, 3.8) is 0 Å². The van der Waals surface area contributed by atoms with Gasteiger partial charge in [0.25, 0.3) is 0 Å². The molecule has 0 amide bonds. The summed E-state index contributed by atoms with van der Waals surface area (Å²) in [5, 5.41) is 0. The second-order valence-electron chi connectivity index (χ2n) is 4.13. The molecule has 1 aliphatic carbocycles.